The molecule has 0 aromatic rings. The molecule has 1 unspecified atom stereocenters. The van der Waals surface area contributed by atoms with Crippen molar-refractivity contribution < 1.29 is 8.42 Å². The lowest BCUT2D eigenvalue weighted by molar-refractivity contribution is 0.554. The molecule has 0 aliphatic heterocycles. The van der Waals surface area contributed by atoms with E-state index in [1.807, 2.05) is 13.8 Å². The summed E-state index contributed by atoms with van der Waals surface area (Å²) in [6.07, 6.45) is 3.92. The number of sulfone groups is 1. The molecule has 0 amide bonds. The average Bonchev–Trinajstić information content (AvgIpc) is 2.54. The number of rotatable bonds is 5. The van der Waals surface area contributed by atoms with Crippen LogP contribution in [0, 0.1) is 0 Å². The van der Waals surface area contributed by atoms with Crippen molar-refractivity contribution in [2.75, 3.05) is 12.3 Å². The minimum atomic E-state index is -2.84. The van der Waals surface area contributed by atoms with Gasteiger partial charge in [-0.3, -0.25) is 0 Å². The molecular formula is C10H21NO2S. The molecule has 1 aliphatic rings. The van der Waals surface area contributed by atoms with Gasteiger partial charge in [0.15, 0.2) is 9.84 Å². The van der Waals surface area contributed by atoms with Gasteiger partial charge in [-0.2, -0.15) is 0 Å². The second-order valence-corrected chi connectivity index (χ2v) is 6.52. The van der Waals surface area contributed by atoms with Crippen LogP contribution in [0.2, 0.25) is 0 Å². The van der Waals surface area contributed by atoms with Gasteiger partial charge in [-0.05, 0) is 26.3 Å². The molecule has 0 radical (unpaired) electrons. The molecule has 1 saturated carbocycles. The standard InChI is InChI=1S/C10H21NO2S/c1-3-11-9(2)8-14(12,13)10-6-4-5-7-10/h9-11H,3-8H2,1-2H3. The Morgan fingerprint density at radius 2 is 1.93 bits per heavy atom. The van der Waals surface area contributed by atoms with Crippen LogP contribution in [0.3, 0.4) is 0 Å². The highest BCUT2D eigenvalue weighted by molar-refractivity contribution is 7.92. The fourth-order valence-corrected chi connectivity index (χ4v) is 4.28. The molecule has 1 atom stereocenters. The Hall–Kier alpha value is -0.0900. The number of nitrogens with one attached hydrogen (secondary N) is 1. The van der Waals surface area contributed by atoms with Crippen molar-refractivity contribution >= 4 is 9.84 Å². The summed E-state index contributed by atoms with van der Waals surface area (Å²) < 4.78 is 23.8. The fraction of sp³-hybridized carbons (Fsp3) is 1.00. The maximum atomic E-state index is 11.9. The minimum Gasteiger partial charge on any atom is -0.314 e. The third-order valence-corrected chi connectivity index (χ3v) is 5.30. The lowest BCUT2D eigenvalue weighted by Gasteiger charge is -2.16. The third kappa shape index (κ3) is 3.24. The van der Waals surface area contributed by atoms with Crippen LogP contribution >= 0.6 is 0 Å². The van der Waals surface area contributed by atoms with Crippen molar-refractivity contribution in [3.05, 3.63) is 0 Å². The Kier molecular flexibility index (Phi) is 4.38. The second-order valence-electron chi connectivity index (χ2n) is 4.19. The first-order valence-electron chi connectivity index (χ1n) is 5.51. The van der Waals surface area contributed by atoms with Crippen LogP contribution in [0.4, 0.5) is 0 Å². The van der Waals surface area contributed by atoms with Gasteiger partial charge in [0.05, 0.1) is 11.0 Å². The topological polar surface area (TPSA) is 46.2 Å². The zero-order valence-corrected chi connectivity index (χ0v) is 9.94. The molecular weight excluding hydrogens is 198 g/mol. The van der Waals surface area contributed by atoms with Crippen molar-refractivity contribution in [1.82, 2.24) is 5.32 Å². The van der Waals surface area contributed by atoms with Crippen molar-refractivity contribution in [2.45, 2.75) is 50.8 Å². The van der Waals surface area contributed by atoms with Gasteiger partial charge in [-0.1, -0.05) is 19.8 Å². The summed E-state index contributed by atoms with van der Waals surface area (Å²) in [6.45, 7) is 4.77. The molecule has 0 aromatic heterocycles. The first kappa shape index (κ1) is 12.0. The molecule has 0 spiro atoms. The van der Waals surface area contributed by atoms with Gasteiger partial charge in [0.25, 0.3) is 0 Å². The van der Waals surface area contributed by atoms with Gasteiger partial charge in [0.1, 0.15) is 0 Å². The summed E-state index contributed by atoms with van der Waals surface area (Å²) in [7, 11) is -2.84. The monoisotopic (exact) mass is 219 g/mol. The summed E-state index contributed by atoms with van der Waals surface area (Å²) in [5.74, 6) is 0.297. The van der Waals surface area contributed by atoms with Crippen LogP contribution < -0.4 is 5.32 Å². The predicted molar refractivity (Wildman–Crippen MR) is 59.2 cm³/mol. The molecule has 1 rings (SSSR count). The van der Waals surface area contributed by atoms with E-state index in [9.17, 15) is 8.42 Å². The Labute approximate surface area is 87.2 Å². The highest BCUT2D eigenvalue weighted by Crippen LogP contribution is 2.25. The van der Waals surface area contributed by atoms with E-state index in [1.165, 1.54) is 0 Å². The molecule has 14 heavy (non-hydrogen) atoms. The molecule has 84 valence electrons. The van der Waals surface area contributed by atoms with Crippen molar-refractivity contribution in [3.63, 3.8) is 0 Å². The molecule has 0 saturated heterocycles. The van der Waals surface area contributed by atoms with Gasteiger partial charge >= 0.3 is 0 Å². The largest absolute Gasteiger partial charge is 0.314 e. The van der Waals surface area contributed by atoms with E-state index >= 15 is 0 Å². The van der Waals surface area contributed by atoms with Crippen LogP contribution in [0.25, 0.3) is 0 Å². The summed E-state index contributed by atoms with van der Waals surface area (Å²) in [6, 6.07) is 0.0885. The van der Waals surface area contributed by atoms with Crippen molar-refractivity contribution in [2.24, 2.45) is 0 Å². The van der Waals surface area contributed by atoms with Crippen LogP contribution in [-0.2, 0) is 9.84 Å². The summed E-state index contributed by atoms with van der Waals surface area (Å²) in [5.41, 5.74) is 0. The van der Waals surface area contributed by atoms with Crippen LogP contribution in [0.15, 0.2) is 0 Å². The van der Waals surface area contributed by atoms with E-state index in [-0.39, 0.29) is 11.3 Å². The SMILES string of the molecule is CCNC(C)CS(=O)(=O)C1CCCC1. The van der Waals surface area contributed by atoms with Gasteiger partial charge < -0.3 is 5.32 Å². The van der Waals surface area contributed by atoms with Gasteiger partial charge in [0, 0.05) is 6.04 Å². The Morgan fingerprint density at radius 1 is 1.36 bits per heavy atom. The van der Waals surface area contributed by atoms with Crippen molar-refractivity contribution in [1.29, 1.82) is 0 Å². The molecule has 1 aliphatic carbocycles. The van der Waals surface area contributed by atoms with E-state index in [4.69, 9.17) is 0 Å². The molecule has 0 heterocycles. The van der Waals surface area contributed by atoms with Crippen LogP contribution in [-0.4, -0.2) is 32.0 Å². The van der Waals surface area contributed by atoms with E-state index < -0.39 is 9.84 Å². The quantitative estimate of drug-likeness (QED) is 0.759. The smallest absolute Gasteiger partial charge is 0.154 e. The van der Waals surface area contributed by atoms with E-state index in [0.717, 1.165) is 32.2 Å². The molecule has 3 nitrogen and oxygen atoms in total. The molecule has 1 fully saturated rings. The Balaban J connectivity index is 2.48. The lowest BCUT2D eigenvalue weighted by Crippen LogP contribution is -2.36. The predicted octanol–water partition coefficient (Wildman–Crippen LogP) is 1.34. The summed E-state index contributed by atoms with van der Waals surface area (Å²) in [5, 5.41) is 3.09. The van der Waals surface area contributed by atoms with Gasteiger partial charge in [0.2, 0.25) is 0 Å². The first-order valence-corrected chi connectivity index (χ1v) is 7.22. The minimum absolute atomic E-state index is 0.0522. The normalized spacial score (nSPS) is 21.3. The van der Waals surface area contributed by atoms with Crippen LogP contribution in [0.5, 0.6) is 0 Å². The highest BCUT2D eigenvalue weighted by atomic mass is 32.2. The molecule has 4 heteroatoms. The maximum Gasteiger partial charge on any atom is 0.154 e. The molecule has 0 bridgehead atoms. The van der Waals surface area contributed by atoms with Gasteiger partial charge in [-0.25, -0.2) is 8.42 Å². The molecule has 0 aromatic carbocycles. The summed E-state index contributed by atoms with van der Waals surface area (Å²) in [4.78, 5) is 0. The molecule has 1 N–H and O–H groups in total. The Bertz CT molecular complexity index is 255. The zero-order valence-electron chi connectivity index (χ0n) is 9.12. The Morgan fingerprint density at radius 3 is 2.43 bits per heavy atom. The first-order chi connectivity index (χ1) is 6.56. The van der Waals surface area contributed by atoms with Crippen LogP contribution in [0.1, 0.15) is 39.5 Å². The summed E-state index contributed by atoms with van der Waals surface area (Å²) >= 11 is 0. The number of hydrogen-bond donors (Lipinski definition) is 1. The maximum absolute atomic E-state index is 11.9. The third-order valence-electron chi connectivity index (χ3n) is 2.84. The fourth-order valence-electron chi connectivity index (χ4n) is 2.14. The average molecular weight is 219 g/mol. The number of hydrogen-bond acceptors (Lipinski definition) is 3. The van der Waals surface area contributed by atoms with Gasteiger partial charge in [-0.15, -0.1) is 0 Å². The second kappa shape index (κ2) is 5.12. The van der Waals surface area contributed by atoms with E-state index in [0.29, 0.717) is 5.75 Å². The zero-order chi connectivity index (χ0) is 10.6. The lowest BCUT2D eigenvalue weighted by atomic mass is 10.4. The highest BCUT2D eigenvalue weighted by Gasteiger charge is 2.29. The van der Waals surface area contributed by atoms with E-state index in [1.54, 1.807) is 0 Å². The van der Waals surface area contributed by atoms with Crippen molar-refractivity contribution in [3.8, 4) is 0 Å². The van der Waals surface area contributed by atoms with E-state index in [2.05, 4.69) is 5.32 Å².